The minimum atomic E-state index is -4.67. The summed E-state index contributed by atoms with van der Waals surface area (Å²) >= 11 is 0. The van der Waals surface area contributed by atoms with Crippen LogP contribution in [0.4, 0.5) is 13.2 Å². The highest BCUT2D eigenvalue weighted by Crippen LogP contribution is 2.30. The molecule has 0 N–H and O–H groups in total. The molecule has 80 valence electrons. The van der Waals surface area contributed by atoms with Crippen molar-refractivity contribution < 1.29 is 17.6 Å². The van der Waals surface area contributed by atoms with Crippen LogP contribution in [0.15, 0.2) is 15.6 Å². The number of aromatic nitrogens is 3. The maximum Gasteiger partial charge on any atom is 0.434 e. The van der Waals surface area contributed by atoms with E-state index in [0.717, 1.165) is 13.3 Å². The normalized spacial score (nSPS) is 12.3. The fourth-order valence-corrected chi connectivity index (χ4v) is 1.21. The van der Waals surface area contributed by atoms with Crippen LogP contribution in [-0.4, -0.2) is 14.6 Å². The lowest BCUT2D eigenvalue weighted by molar-refractivity contribution is -0.143. The summed E-state index contributed by atoms with van der Waals surface area (Å²) in [5, 5.41) is 3.32. The Balaban J connectivity index is 2.96. The molecule has 5 nitrogen and oxygen atoms in total. The van der Waals surface area contributed by atoms with Crippen LogP contribution in [0.1, 0.15) is 11.3 Å². The van der Waals surface area contributed by atoms with Gasteiger partial charge in [0.1, 0.15) is 0 Å². The maximum atomic E-state index is 12.6. The highest BCUT2D eigenvalue weighted by Gasteiger charge is 2.37. The Hall–Kier alpha value is -1.86. The molecule has 0 unspecified atom stereocenters. The van der Waals surface area contributed by atoms with Gasteiger partial charge in [-0.2, -0.15) is 22.7 Å². The molecule has 0 spiro atoms. The third-order valence-electron chi connectivity index (χ3n) is 1.86. The standard InChI is InChI=1S/C7H4F3N3O2/c1-3-4(7(8,9)10)13-6(12-5(3)14)15-2-11-13/h2H,1H3. The Morgan fingerprint density at radius 2 is 2.13 bits per heavy atom. The first-order chi connectivity index (χ1) is 6.91. The zero-order valence-corrected chi connectivity index (χ0v) is 7.37. The van der Waals surface area contributed by atoms with Crippen LogP contribution in [-0.2, 0) is 6.18 Å². The summed E-state index contributed by atoms with van der Waals surface area (Å²) in [5.74, 6) is -0.474. The lowest BCUT2D eigenvalue weighted by Crippen LogP contribution is -2.23. The van der Waals surface area contributed by atoms with Crippen molar-refractivity contribution in [2.45, 2.75) is 13.1 Å². The molecule has 2 aromatic rings. The number of halogens is 3. The third-order valence-corrected chi connectivity index (χ3v) is 1.86. The van der Waals surface area contributed by atoms with Crippen molar-refractivity contribution in [2.75, 3.05) is 0 Å². The first kappa shape index (κ1) is 9.69. The average Bonchev–Trinajstić information content (AvgIpc) is 2.50. The molecule has 2 rings (SSSR count). The number of hydrogen-bond acceptors (Lipinski definition) is 4. The second-order valence-corrected chi connectivity index (χ2v) is 2.82. The minimum Gasteiger partial charge on any atom is -0.410 e. The molecule has 0 aliphatic heterocycles. The van der Waals surface area contributed by atoms with Crippen molar-refractivity contribution in [3.8, 4) is 0 Å². The molecule has 15 heavy (non-hydrogen) atoms. The zero-order chi connectivity index (χ0) is 11.2. The average molecular weight is 219 g/mol. The van der Waals surface area contributed by atoms with Gasteiger partial charge in [0.2, 0.25) is 6.39 Å². The Bertz CT molecular complexity index is 569. The smallest absolute Gasteiger partial charge is 0.410 e. The molecule has 0 aliphatic carbocycles. The fourth-order valence-electron chi connectivity index (χ4n) is 1.21. The van der Waals surface area contributed by atoms with Gasteiger partial charge in [0.15, 0.2) is 5.69 Å². The van der Waals surface area contributed by atoms with E-state index in [1.54, 1.807) is 0 Å². The molecule has 0 amide bonds. The molecule has 0 saturated carbocycles. The monoisotopic (exact) mass is 219 g/mol. The largest absolute Gasteiger partial charge is 0.434 e. The van der Waals surface area contributed by atoms with E-state index in [9.17, 15) is 18.0 Å². The van der Waals surface area contributed by atoms with Gasteiger partial charge in [-0.05, 0) is 6.92 Å². The molecular weight excluding hydrogens is 215 g/mol. The number of alkyl halides is 3. The summed E-state index contributed by atoms with van der Waals surface area (Å²) in [6.07, 6.45) is -3.89. The second kappa shape index (κ2) is 2.81. The van der Waals surface area contributed by atoms with E-state index in [1.807, 2.05) is 0 Å². The summed E-state index contributed by atoms with van der Waals surface area (Å²) in [4.78, 5) is 14.4. The minimum absolute atomic E-state index is 0.455. The van der Waals surface area contributed by atoms with Gasteiger partial charge >= 0.3 is 12.0 Å². The van der Waals surface area contributed by atoms with Crippen molar-refractivity contribution in [2.24, 2.45) is 0 Å². The Labute approximate surface area is 80.2 Å². The van der Waals surface area contributed by atoms with E-state index in [4.69, 9.17) is 0 Å². The molecule has 0 aliphatic rings. The summed E-state index contributed by atoms with van der Waals surface area (Å²) < 4.78 is 42.7. The molecule has 8 heteroatoms. The molecule has 0 radical (unpaired) electrons. The van der Waals surface area contributed by atoms with Crippen molar-refractivity contribution in [1.29, 1.82) is 0 Å². The van der Waals surface area contributed by atoms with Gasteiger partial charge < -0.3 is 4.42 Å². The summed E-state index contributed by atoms with van der Waals surface area (Å²) in [7, 11) is 0. The molecule has 2 heterocycles. The topological polar surface area (TPSA) is 60.4 Å². The molecule has 2 aromatic heterocycles. The van der Waals surface area contributed by atoms with Crippen LogP contribution in [0.25, 0.3) is 5.84 Å². The van der Waals surface area contributed by atoms with Crippen LogP contribution >= 0.6 is 0 Å². The van der Waals surface area contributed by atoms with Gasteiger partial charge in [0.05, 0.1) is 0 Å². The lowest BCUT2D eigenvalue weighted by Gasteiger charge is -2.08. The van der Waals surface area contributed by atoms with Crippen LogP contribution in [0.3, 0.4) is 0 Å². The zero-order valence-electron chi connectivity index (χ0n) is 7.37. The molecule has 0 aromatic carbocycles. The molecule has 0 saturated heterocycles. The van der Waals surface area contributed by atoms with Crippen molar-refractivity contribution in [1.82, 2.24) is 14.6 Å². The van der Waals surface area contributed by atoms with E-state index < -0.39 is 28.8 Å². The summed E-state index contributed by atoms with van der Waals surface area (Å²) in [6.45, 7) is 1.04. The van der Waals surface area contributed by atoms with Gasteiger partial charge in [0, 0.05) is 5.56 Å². The Morgan fingerprint density at radius 3 is 2.73 bits per heavy atom. The first-order valence-electron chi connectivity index (χ1n) is 3.81. The lowest BCUT2D eigenvalue weighted by atomic mass is 10.2. The van der Waals surface area contributed by atoms with Gasteiger partial charge in [-0.3, -0.25) is 4.79 Å². The predicted molar refractivity (Wildman–Crippen MR) is 41.3 cm³/mol. The van der Waals surface area contributed by atoms with Gasteiger partial charge in [-0.25, -0.2) is 0 Å². The van der Waals surface area contributed by atoms with Gasteiger partial charge in [0.25, 0.3) is 5.56 Å². The number of rotatable bonds is 0. The van der Waals surface area contributed by atoms with Gasteiger partial charge in [-0.15, -0.1) is 5.10 Å². The number of nitrogens with zero attached hydrogens (tertiary/aromatic N) is 3. The SMILES string of the molecule is Cc1c(C(F)(F)F)n2ncoc2nc1=O. The number of fused-ring (bicyclic) bond motifs is 1. The predicted octanol–water partition coefficient (Wildman–Crippen LogP) is 1.01. The van der Waals surface area contributed by atoms with Crippen LogP contribution in [0.2, 0.25) is 0 Å². The molecular formula is C7H4F3N3O2. The van der Waals surface area contributed by atoms with E-state index in [2.05, 4.69) is 14.5 Å². The first-order valence-corrected chi connectivity index (χ1v) is 3.81. The summed E-state index contributed by atoms with van der Waals surface area (Å²) in [6, 6.07) is 0. The van der Waals surface area contributed by atoms with Crippen LogP contribution in [0, 0.1) is 6.92 Å². The van der Waals surface area contributed by atoms with E-state index in [0.29, 0.717) is 4.52 Å². The fraction of sp³-hybridized carbons (Fsp3) is 0.286. The van der Waals surface area contributed by atoms with E-state index in [1.165, 1.54) is 0 Å². The Morgan fingerprint density at radius 1 is 1.47 bits per heavy atom. The Kier molecular flexibility index (Phi) is 1.82. The third kappa shape index (κ3) is 1.37. The maximum absolute atomic E-state index is 12.6. The van der Waals surface area contributed by atoms with Crippen LogP contribution in [0.5, 0.6) is 0 Å². The quantitative estimate of drug-likeness (QED) is 0.663. The molecule has 0 bridgehead atoms. The van der Waals surface area contributed by atoms with E-state index >= 15 is 0 Å². The van der Waals surface area contributed by atoms with Crippen LogP contribution < -0.4 is 5.56 Å². The van der Waals surface area contributed by atoms with Gasteiger partial charge in [-0.1, -0.05) is 0 Å². The van der Waals surface area contributed by atoms with Crippen molar-refractivity contribution >= 4 is 5.84 Å². The molecule has 0 fully saturated rings. The summed E-state index contributed by atoms with van der Waals surface area (Å²) in [5.41, 5.74) is -2.64. The number of hydrogen-bond donors (Lipinski definition) is 0. The highest BCUT2D eigenvalue weighted by molar-refractivity contribution is 5.29. The van der Waals surface area contributed by atoms with Crippen molar-refractivity contribution in [3.05, 3.63) is 28.0 Å². The van der Waals surface area contributed by atoms with Crippen molar-refractivity contribution in [3.63, 3.8) is 0 Å². The highest BCUT2D eigenvalue weighted by atomic mass is 19.4. The molecule has 0 atom stereocenters. The second-order valence-electron chi connectivity index (χ2n) is 2.82. The van der Waals surface area contributed by atoms with E-state index in [-0.39, 0.29) is 0 Å².